The minimum absolute atomic E-state index is 0.242. The van der Waals surface area contributed by atoms with E-state index in [1.54, 1.807) is 7.11 Å². The van der Waals surface area contributed by atoms with E-state index in [1.807, 2.05) is 7.05 Å². The number of likely N-dealkylation sites (N-methyl/N-ethyl adjacent to an activating group) is 1. The molecule has 2 rings (SSSR count). The van der Waals surface area contributed by atoms with Gasteiger partial charge in [0, 0.05) is 19.6 Å². The van der Waals surface area contributed by atoms with Gasteiger partial charge in [-0.1, -0.05) is 0 Å². The second-order valence-electron chi connectivity index (χ2n) is 4.11. The Labute approximate surface area is 77.5 Å². The maximum Gasteiger partial charge on any atom is 0.309 e. The first-order valence-corrected chi connectivity index (χ1v) is 4.58. The fourth-order valence-electron chi connectivity index (χ4n) is 2.70. The number of hydrogen-bond donors (Lipinski definition) is 1. The second-order valence-corrected chi connectivity index (χ2v) is 4.11. The van der Waals surface area contributed by atoms with E-state index in [-0.39, 0.29) is 17.4 Å². The smallest absolute Gasteiger partial charge is 0.309 e. The predicted molar refractivity (Wildman–Crippen MR) is 46.5 cm³/mol. The summed E-state index contributed by atoms with van der Waals surface area (Å²) in [5.41, 5.74) is -0.376. The molecule has 13 heavy (non-hydrogen) atoms. The van der Waals surface area contributed by atoms with Crippen LogP contribution >= 0.6 is 0 Å². The Morgan fingerprint density at radius 2 is 2.38 bits per heavy atom. The van der Waals surface area contributed by atoms with Crippen LogP contribution in [0.4, 0.5) is 0 Å². The van der Waals surface area contributed by atoms with Gasteiger partial charge < -0.3 is 14.7 Å². The molecule has 2 fully saturated rings. The molecule has 3 atom stereocenters. The van der Waals surface area contributed by atoms with Gasteiger partial charge in [0.15, 0.2) is 0 Å². The maximum absolute atomic E-state index is 10.9. The highest BCUT2D eigenvalue weighted by atomic mass is 16.5. The summed E-state index contributed by atoms with van der Waals surface area (Å²) in [5, 5.41) is 8.97. The first-order chi connectivity index (χ1) is 6.12. The topological polar surface area (TPSA) is 49.8 Å². The van der Waals surface area contributed by atoms with Gasteiger partial charge in [-0.05, 0) is 20.0 Å². The number of piperidine rings is 1. The molecule has 0 unspecified atom stereocenters. The number of methoxy groups -OCH3 is 1. The van der Waals surface area contributed by atoms with Crippen molar-refractivity contribution in [3.63, 3.8) is 0 Å². The van der Waals surface area contributed by atoms with Gasteiger partial charge in [-0.15, -0.1) is 0 Å². The van der Waals surface area contributed by atoms with Crippen molar-refractivity contribution in [3.8, 4) is 0 Å². The highest BCUT2D eigenvalue weighted by Crippen LogP contribution is 2.57. The number of rotatable bonds is 2. The number of carbonyl (C=O) groups is 1. The average Bonchev–Trinajstić information content (AvgIpc) is 2.73. The molecule has 4 heteroatoms. The fourth-order valence-corrected chi connectivity index (χ4v) is 2.70. The zero-order valence-corrected chi connectivity index (χ0v) is 7.99. The molecule has 0 aromatic carbocycles. The van der Waals surface area contributed by atoms with Crippen molar-refractivity contribution in [3.05, 3.63) is 0 Å². The third-order valence-corrected chi connectivity index (χ3v) is 3.43. The summed E-state index contributed by atoms with van der Waals surface area (Å²) in [6.45, 7) is 1.74. The van der Waals surface area contributed by atoms with Crippen LogP contribution in [0.15, 0.2) is 0 Å². The lowest BCUT2D eigenvalue weighted by Gasteiger charge is -2.28. The number of carboxylic acid groups (broad SMARTS) is 1. The largest absolute Gasteiger partial charge is 0.481 e. The Kier molecular flexibility index (Phi) is 1.85. The molecule has 1 heterocycles. The lowest BCUT2D eigenvalue weighted by atomic mass is 10.1. The minimum atomic E-state index is -0.706. The van der Waals surface area contributed by atoms with E-state index in [2.05, 4.69) is 4.90 Å². The van der Waals surface area contributed by atoms with Gasteiger partial charge in [-0.2, -0.15) is 0 Å². The highest BCUT2D eigenvalue weighted by Gasteiger charge is 2.70. The summed E-state index contributed by atoms with van der Waals surface area (Å²) in [6, 6.07) is 0. The molecule has 0 amide bonds. The molecule has 0 aromatic rings. The number of carboxylic acids is 1. The molecule has 0 radical (unpaired) electrons. The molecule has 2 aliphatic rings. The van der Waals surface area contributed by atoms with Gasteiger partial charge in [0.1, 0.15) is 0 Å². The molecular weight excluding hydrogens is 170 g/mol. The molecule has 0 spiro atoms. The first-order valence-electron chi connectivity index (χ1n) is 4.58. The zero-order chi connectivity index (χ0) is 9.64. The van der Waals surface area contributed by atoms with Crippen LogP contribution in [0.3, 0.4) is 0 Å². The Morgan fingerprint density at radius 3 is 2.92 bits per heavy atom. The molecule has 0 aromatic heterocycles. The lowest BCUT2D eigenvalue weighted by Crippen LogP contribution is -2.39. The Bertz CT molecular complexity index is 243. The summed E-state index contributed by atoms with van der Waals surface area (Å²) in [6.07, 6.45) is 0.946. The molecule has 1 N–H and O–H groups in total. The predicted octanol–water partition coefficient (Wildman–Crippen LogP) is 0.0377. The van der Waals surface area contributed by atoms with Crippen molar-refractivity contribution >= 4 is 5.97 Å². The van der Waals surface area contributed by atoms with Crippen LogP contribution in [0.1, 0.15) is 6.42 Å². The van der Waals surface area contributed by atoms with Crippen LogP contribution in [0, 0.1) is 11.8 Å². The number of fused-ring (bicyclic) bond motifs is 1. The standard InChI is InChI=1S/C9H15NO3/c1-10-4-3-6-7(8(11)12)9(6,5-10)13-2/h6-7H,3-5H2,1-2H3,(H,11,12)/t6-,7+,9-/m1/s1. The molecule has 4 nitrogen and oxygen atoms in total. The van der Waals surface area contributed by atoms with E-state index in [4.69, 9.17) is 9.84 Å². The molecular formula is C9H15NO3. The van der Waals surface area contributed by atoms with Gasteiger partial charge in [-0.25, -0.2) is 0 Å². The van der Waals surface area contributed by atoms with Crippen molar-refractivity contribution in [1.29, 1.82) is 0 Å². The molecule has 74 valence electrons. The summed E-state index contributed by atoms with van der Waals surface area (Å²) >= 11 is 0. The van der Waals surface area contributed by atoms with E-state index in [9.17, 15) is 4.79 Å². The number of hydrogen-bond acceptors (Lipinski definition) is 3. The van der Waals surface area contributed by atoms with E-state index < -0.39 is 5.97 Å². The van der Waals surface area contributed by atoms with Gasteiger partial charge in [-0.3, -0.25) is 4.79 Å². The van der Waals surface area contributed by atoms with E-state index in [1.165, 1.54) is 0 Å². The van der Waals surface area contributed by atoms with Crippen LogP contribution in [0.2, 0.25) is 0 Å². The molecule has 1 saturated heterocycles. The van der Waals surface area contributed by atoms with Crippen LogP contribution in [-0.2, 0) is 9.53 Å². The average molecular weight is 185 g/mol. The first kappa shape index (κ1) is 8.97. The third-order valence-electron chi connectivity index (χ3n) is 3.43. The van der Waals surface area contributed by atoms with Crippen molar-refractivity contribution in [2.75, 3.05) is 27.2 Å². The van der Waals surface area contributed by atoms with E-state index in [0.717, 1.165) is 19.5 Å². The summed E-state index contributed by atoms with van der Waals surface area (Å²) < 4.78 is 5.37. The van der Waals surface area contributed by atoms with Crippen molar-refractivity contribution < 1.29 is 14.6 Å². The van der Waals surface area contributed by atoms with Crippen molar-refractivity contribution in [2.24, 2.45) is 11.8 Å². The highest BCUT2D eigenvalue weighted by molar-refractivity contribution is 5.77. The monoisotopic (exact) mass is 185 g/mol. The van der Waals surface area contributed by atoms with Crippen LogP contribution in [0.25, 0.3) is 0 Å². The lowest BCUT2D eigenvalue weighted by molar-refractivity contribution is -0.140. The number of likely N-dealkylation sites (tertiary alicyclic amines) is 1. The second kappa shape index (κ2) is 2.69. The summed E-state index contributed by atoms with van der Waals surface area (Å²) in [7, 11) is 3.63. The van der Waals surface area contributed by atoms with Gasteiger partial charge in [0.05, 0.1) is 11.5 Å². The molecule has 1 aliphatic carbocycles. The Hall–Kier alpha value is -0.610. The van der Waals surface area contributed by atoms with E-state index >= 15 is 0 Å². The zero-order valence-electron chi connectivity index (χ0n) is 7.99. The van der Waals surface area contributed by atoms with Crippen molar-refractivity contribution in [1.82, 2.24) is 4.90 Å². The fraction of sp³-hybridized carbons (Fsp3) is 0.889. The Morgan fingerprint density at radius 1 is 1.69 bits per heavy atom. The SMILES string of the molecule is CO[C@]12CN(C)CC[C@@H]1[C@H]2C(=O)O. The Balaban J connectivity index is 2.15. The number of nitrogens with zero attached hydrogens (tertiary/aromatic N) is 1. The molecule has 1 saturated carbocycles. The van der Waals surface area contributed by atoms with Crippen molar-refractivity contribution in [2.45, 2.75) is 12.0 Å². The molecule has 1 aliphatic heterocycles. The summed E-state index contributed by atoms with van der Waals surface area (Å²) in [4.78, 5) is 13.0. The molecule has 0 bridgehead atoms. The normalized spacial score (nSPS) is 44.2. The number of ether oxygens (including phenoxy) is 1. The van der Waals surface area contributed by atoms with Gasteiger partial charge in [0.2, 0.25) is 0 Å². The number of aliphatic carboxylic acids is 1. The third kappa shape index (κ3) is 1.09. The van der Waals surface area contributed by atoms with E-state index in [0.29, 0.717) is 0 Å². The van der Waals surface area contributed by atoms with Gasteiger partial charge in [0.25, 0.3) is 0 Å². The quantitative estimate of drug-likeness (QED) is 0.659. The van der Waals surface area contributed by atoms with Crippen LogP contribution < -0.4 is 0 Å². The van der Waals surface area contributed by atoms with Crippen LogP contribution in [-0.4, -0.2) is 48.8 Å². The maximum atomic E-state index is 10.9. The van der Waals surface area contributed by atoms with Crippen LogP contribution in [0.5, 0.6) is 0 Å². The summed E-state index contributed by atoms with van der Waals surface area (Å²) in [5.74, 6) is -0.740. The van der Waals surface area contributed by atoms with Gasteiger partial charge >= 0.3 is 5.97 Å². The minimum Gasteiger partial charge on any atom is -0.481 e.